The summed E-state index contributed by atoms with van der Waals surface area (Å²) in [6, 6.07) is 17.8. The second-order valence-electron chi connectivity index (χ2n) is 7.90. The van der Waals surface area contributed by atoms with Crippen molar-refractivity contribution < 1.29 is 24.0 Å². The van der Waals surface area contributed by atoms with Crippen molar-refractivity contribution >= 4 is 43.3 Å². The van der Waals surface area contributed by atoms with Gasteiger partial charge in [0.25, 0.3) is 0 Å². The molecule has 0 heterocycles. The summed E-state index contributed by atoms with van der Waals surface area (Å²) in [6.07, 6.45) is 8.10. The first-order valence-corrected chi connectivity index (χ1v) is 21.1. The molecule has 2 aromatic carbocycles. The molecule has 143 valence electrons. The molecule has 0 fully saturated rings. The molecule has 1 N–H and O–H groups in total. The normalized spacial score (nSPS) is 22.3. The van der Waals surface area contributed by atoms with Crippen LogP contribution >= 0.6 is 24.8 Å². The Morgan fingerprint density at radius 3 is 2.41 bits per heavy atom. The predicted molar refractivity (Wildman–Crippen MR) is 121 cm³/mol. The Hall–Kier alpha value is -0.440. The van der Waals surface area contributed by atoms with Crippen LogP contribution in [0.4, 0.5) is 0 Å². The van der Waals surface area contributed by atoms with Gasteiger partial charge in [-0.25, -0.2) is 0 Å². The Labute approximate surface area is 180 Å². The molecule has 0 radical (unpaired) electrons. The van der Waals surface area contributed by atoms with Crippen LogP contribution < -0.4 is 0 Å². The zero-order chi connectivity index (χ0) is 17.7. The molecule has 0 saturated carbocycles. The summed E-state index contributed by atoms with van der Waals surface area (Å²) in [6.45, 7) is 2.52. The topological polar surface area (TPSA) is 20.2 Å². The van der Waals surface area contributed by atoms with E-state index in [0.29, 0.717) is 5.92 Å². The van der Waals surface area contributed by atoms with Gasteiger partial charge in [-0.05, 0) is 0 Å². The molecule has 2 aliphatic rings. The Kier molecular flexibility index (Phi) is 7.20. The molecule has 2 atom stereocenters. The molecule has 2 unspecified atom stereocenters. The van der Waals surface area contributed by atoms with Gasteiger partial charge in [-0.2, -0.15) is 0 Å². The molecule has 27 heavy (non-hydrogen) atoms. The van der Waals surface area contributed by atoms with Crippen LogP contribution in [0.15, 0.2) is 60.7 Å². The maximum atomic E-state index is 9.55. The van der Waals surface area contributed by atoms with Gasteiger partial charge in [0, 0.05) is 0 Å². The van der Waals surface area contributed by atoms with Crippen LogP contribution in [0.1, 0.15) is 34.6 Å². The predicted octanol–water partition coefficient (Wildman–Crippen LogP) is 5.11. The second-order valence-corrected chi connectivity index (χ2v) is 29.7. The first kappa shape index (κ1) is 22.8. The van der Waals surface area contributed by atoms with Gasteiger partial charge in [-0.15, -0.1) is 24.8 Å². The van der Waals surface area contributed by atoms with Crippen molar-refractivity contribution in [3.05, 3.63) is 82.9 Å². The van der Waals surface area contributed by atoms with Crippen LogP contribution in [0.3, 0.4) is 0 Å². The minimum absolute atomic E-state index is 0. The third-order valence-electron chi connectivity index (χ3n) is 5.93. The molecule has 0 bridgehead atoms. The Morgan fingerprint density at radius 2 is 1.70 bits per heavy atom. The first-order chi connectivity index (χ1) is 12.0. The van der Waals surface area contributed by atoms with Crippen molar-refractivity contribution in [1.29, 1.82) is 0 Å². The van der Waals surface area contributed by atoms with Gasteiger partial charge in [0.15, 0.2) is 0 Å². The van der Waals surface area contributed by atoms with E-state index >= 15 is 0 Å². The second kappa shape index (κ2) is 8.51. The third kappa shape index (κ3) is 3.51. The number of rotatable bonds is 4. The summed E-state index contributed by atoms with van der Waals surface area (Å²) < 4.78 is 5.29. The summed E-state index contributed by atoms with van der Waals surface area (Å²) in [5, 5.41) is 9.55. The molecule has 0 amide bonds. The molecule has 0 saturated heterocycles. The quantitative estimate of drug-likeness (QED) is 0.582. The van der Waals surface area contributed by atoms with Crippen LogP contribution in [0.2, 0.25) is 9.26 Å². The van der Waals surface area contributed by atoms with E-state index in [1.165, 1.54) is 27.8 Å². The van der Waals surface area contributed by atoms with Crippen molar-refractivity contribution in [3.8, 4) is 0 Å². The van der Waals surface area contributed by atoms with Crippen LogP contribution in [0.5, 0.6) is 0 Å². The fourth-order valence-electron chi connectivity index (χ4n) is 4.77. The van der Waals surface area contributed by atoms with Gasteiger partial charge < -0.3 is 0 Å². The van der Waals surface area contributed by atoms with E-state index in [1.54, 1.807) is 0 Å². The summed E-state index contributed by atoms with van der Waals surface area (Å²) in [7, 11) is 0. The number of aliphatic hydroxyl groups is 1. The van der Waals surface area contributed by atoms with Crippen molar-refractivity contribution in [1.82, 2.24) is 0 Å². The number of aliphatic hydroxyl groups excluding tert-OH is 1. The number of hydrogen-bond donors (Lipinski definition) is 1. The van der Waals surface area contributed by atoms with E-state index in [4.69, 9.17) is 0 Å². The number of allylic oxidation sites excluding steroid dienone is 2. The molecule has 1 nitrogen and oxygen atoms in total. The number of halogens is 2. The molecular weight excluding hydrogens is 470 g/mol. The van der Waals surface area contributed by atoms with Crippen LogP contribution in [0, 0.1) is 0 Å². The summed E-state index contributed by atoms with van der Waals surface area (Å²) in [4.78, 5) is 0. The van der Waals surface area contributed by atoms with Crippen molar-refractivity contribution in [3.63, 3.8) is 0 Å². The van der Waals surface area contributed by atoms with Gasteiger partial charge in [0.1, 0.15) is 0 Å². The Balaban J connectivity index is 0.00000131. The SMILES string of the molecule is Cl.Cl.[CH3][Zr]([CH3])(=[SiH2])[C]1(C2C=C(CCO)c3ccccc32)C=Cc2ccccc21. The van der Waals surface area contributed by atoms with Gasteiger partial charge in [0.2, 0.25) is 0 Å². The fraction of sp³-hybridized carbons (Fsp3) is 0.273. The zero-order valence-corrected chi connectivity index (χ0v) is 21.3. The standard InChI is InChI=1S/C20H17O.2CH3.2ClH.H2Si.Zr/c21-12-11-15-13-20(18-8-4-3-7-17(15)18)19-10-9-14-5-1-2-6-16(14)19;;;;;;/h1-10,13,20-21H,11-12H2;2*1H3;2*1H;1H2;. The minimum atomic E-state index is -2.43. The number of fused-ring (bicyclic) bond motifs is 2. The van der Waals surface area contributed by atoms with Crippen LogP contribution in [-0.2, 0) is 22.0 Å². The Morgan fingerprint density at radius 1 is 1.04 bits per heavy atom. The van der Waals surface area contributed by atoms with Crippen molar-refractivity contribution in [2.45, 2.75) is 24.7 Å². The average molecular weight is 498 g/mol. The van der Waals surface area contributed by atoms with E-state index in [1.807, 2.05) is 0 Å². The zero-order valence-electron chi connectivity index (χ0n) is 15.8. The molecule has 2 aromatic rings. The monoisotopic (exact) mass is 495 g/mol. The Bertz CT molecular complexity index is 947. The van der Waals surface area contributed by atoms with E-state index in [-0.39, 0.29) is 34.5 Å². The van der Waals surface area contributed by atoms with E-state index in [2.05, 4.69) is 82.9 Å². The van der Waals surface area contributed by atoms with Crippen LogP contribution in [0.25, 0.3) is 11.6 Å². The molecule has 0 aromatic heterocycles. The molecule has 2 aliphatic carbocycles. The first-order valence-electron chi connectivity index (χ1n) is 9.04. The van der Waals surface area contributed by atoms with E-state index < -0.39 is 18.9 Å². The van der Waals surface area contributed by atoms with E-state index in [0.717, 1.165) is 6.42 Å². The number of hydrogen-bond acceptors (Lipinski definition) is 1. The molecule has 0 spiro atoms. The molecular formula is C22H27Cl2OSiZr. The van der Waals surface area contributed by atoms with E-state index in [9.17, 15) is 5.11 Å². The maximum absolute atomic E-state index is 9.55. The summed E-state index contributed by atoms with van der Waals surface area (Å²) in [5.41, 5.74) is 7.02. The summed E-state index contributed by atoms with van der Waals surface area (Å²) in [5.74, 6) is 0.397. The van der Waals surface area contributed by atoms with Crippen molar-refractivity contribution in [2.75, 3.05) is 6.61 Å². The van der Waals surface area contributed by atoms with Gasteiger partial charge in [-0.1, -0.05) is 0 Å². The number of benzene rings is 2. The third-order valence-corrected chi connectivity index (χ3v) is 16.7. The van der Waals surface area contributed by atoms with Gasteiger partial charge in [-0.3, -0.25) is 0 Å². The average Bonchev–Trinajstić information content (AvgIpc) is 3.15. The van der Waals surface area contributed by atoms with Crippen LogP contribution in [-0.4, -0.2) is 18.6 Å². The van der Waals surface area contributed by atoms with Gasteiger partial charge in [0.05, 0.1) is 0 Å². The summed E-state index contributed by atoms with van der Waals surface area (Å²) >= 11 is -2.43. The molecule has 5 heteroatoms. The fourth-order valence-corrected chi connectivity index (χ4v) is 14.2. The van der Waals surface area contributed by atoms with Gasteiger partial charge >= 0.3 is 157 Å². The van der Waals surface area contributed by atoms with Crippen molar-refractivity contribution in [2.24, 2.45) is 0 Å². The molecule has 4 rings (SSSR count). The molecule has 0 aliphatic heterocycles.